The average molecular weight is 331 g/mol. The molecular weight excluding hydrogens is 315 g/mol. The Balaban J connectivity index is 2.53. The van der Waals surface area contributed by atoms with E-state index in [4.69, 9.17) is 23.2 Å². The number of rotatable bonds is 3. The molecule has 20 heavy (non-hydrogen) atoms. The molecule has 3 nitrogen and oxygen atoms in total. The minimum atomic E-state index is -0.00637. The van der Waals surface area contributed by atoms with Crippen LogP contribution in [-0.2, 0) is 7.05 Å². The van der Waals surface area contributed by atoms with Gasteiger partial charge in [0.25, 0.3) is 0 Å². The summed E-state index contributed by atoms with van der Waals surface area (Å²) < 4.78 is 3.45. The van der Waals surface area contributed by atoms with E-state index in [2.05, 4.69) is 0 Å². The summed E-state index contributed by atoms with van der Waals surface area (Å²) in [6.07, 6.45) is 0. The first-order valence-electron chi connectivity index (χ1n) is 6.23. The van der Waals surface area contributed by atoms with Gasteiger partial charge in [-0.05, 0) is 39.0 Å². The third kappa shape index (κ3) is 2.92. The Bertz CT molecular complexity index is 684. The smallest absolute Gasteiger partial charge is 0.298 e. The van der Waals surface area contributed by atoms with E-state index in [-0.39, 0.29) is 11.7 Å². The lowest BCUT2D eigenvalue weighted by molar-refractivity contribution is 0.533. The zero-order valence-electron chi connectivity index (χ0n) is 11.8. The van der Waals surface area contributed by atoms with Gasteiger partial charge in [-0.3, -0.25) is 9.13 Å². The van der Waals surface area contributed by atoms with E-state index in [1.807, 2.05) is 32.9 Å². The van der Waals surface area contributed by atoms with Gasteiger partial charge in [-0.1, -0.05) is 35.0 Å². The van der Waals surface area contributed by atoms with E-state index < -0.39 is 0 Å². The molecule has 1 aromatic carbocycles. The SMILES string of the molecule is Cc1c(Sc2cc(Cl)cc(Cl)c2)n(C(C)C)c(=O)n1C. The van der Waals surface area contributed by atoms with Crippen molar-refractivity contribution in [3.05, 3.63) is 44.4 Å². The highest BCUT2D eigenvalue weighted by Crippen LogP contribution is 2.34. The maximum absolute atomic E-state index is 12.2. The number of benzene rings is 1. The van der Waals surface area contributed by atoms with E-state index in [0.29, 0.717) is 10.0 Å². The molecule has 1 heterocycles. The van der Waals surface area contributed by atoms with Gasteiger partial charge in [0, 0.05) is 33.7 Å². The van der Waals surface area contributed by atoms with E-state index >= 15 is 0 Å². The first-order valence-corrected chi connectivity index (χ1v) is 7.80. The van der Waals surface area contributed by atoms with Crippen molar-refractivity contribution >= 4 is 35.0 Å². The molecule has 0 saturated carbocycles. The topological polar surface area (TPSA) is 26.9 Å². The molecule has 6 heteroatoms. The molecule has 2 rings (SSSR count). The molecule has 0 aliphatic heterocycles. The van der Waals surface area contributed by atoms with Gasteiger partial charge in [0.1, 0.15) is 5.03 Å². The first-order chi connectivity index (χ1) is 9.31. The van der Waals surface area contributed by atoms with Gasteiger partial charge in [0.2, 0.25) is 0 Å². The summed E-state index contributed by atoms with van der Waals surface area (Å²) in [5, 5.41) is 2.10. The number of hydrogen-bond acceptors (Lipinski definition) is 2. The lowest BCUT2D eigenvalue weighted by atomic mass is 10.4. The Kier molecular flexibility index (Phi) is 4.57. The van der Waals surface area contributed by atoms with Crippen molar-refractivity contribution in [3.8, 4) is 0 Å². The van der Waals surface area contributed by atoms with Crippen molar-refractivity contribution in [3.63, 3.8) is 0 Å². The van der Waals surface area contributed by atoms with Crippen LogP contribution in [0.3, 0.4) is 0 Å². The number of nitrogens with zero attached hydrogens (tertiary/aromatic N) is 2. The molecule has 1 aromatic heterocycles. The van der Waals surface area contributed by atoms with Crippen molar-refractivity contribution < 1.29 is 0 Å². The maximum Gasteiger partial charge on any atom is 0.329 e. The summed E-state index contributed by atoms with van der Waals surface area (Å²) in [6.45, 7) is 5.93. The zero-order valence-corrected chi connectivity index (χ0v) is 14.1. The van der Waals surface area contributed by atoms with Gasteiger partial charge < -0.3 is 0 Å². The Morgan fingerprint density at radius 3 is 2.20 bits per heavy atom. The minimum absolute atomic E-state index is 0.00637. The third-order valence-electron chi connectivity index (χ3n) is 3.09. The molecule has 0 fully saturated rings. The van der Waals surface area contributed by atoms with Crippen molar-refractivity contribution in [1.29, 1.82) is 0 Å². The summed E-state index contributed by atoms with van der Waals surface area (Å²) in [4.78, 5) is 13.2. The summed E-state index contributed by atoms with van der Waals surface area (Å²) in [5.74, 6) is 0. The zero-order chi connectivity index (χ0) is 15.0. The van der Waals surface area contributed by atoms with Gasteiger partial charge in [-0.2, -0.15) is 0 Å². The quantitative estimate of drug-likeness (QED) is 0.826. The highest BCUT2D eigenvalue weighted by atomic mass is 35.5. The molecule has 0 bridgehead atoms. The van der Waals surface area contributed by atoms with Gasteiger partial charge >= 0.3 is 5.69 Å². The van der Waals surface area contributed by atoms with Gasteiger partial charge in [0.15, 0.2) is 0 Å². The lowest BCUT2D eigenvalue weighted by Gasteiger charge is -2.11. The van der Waals surface area contributed by atoms with Crippen LogP contribution in [0.15, 0.2) is 32.9 Å². The Morgan fingerprint density at radius 1 is 1.15 bits per heavy atom. The van der Waals surface area contributed by atoms with Crippen molar-refractivity contribution in [2.75, 3.05) is 0 Å². The fourth-order valence-corrected chi connectivity index (χ4v) is 3.91. The van der Waals surface area contributed by atoms with Crippen LogP contribution in [0, 0.1) is 6.92 Å². The normalized spacial score (nSPS) is 11.3. The highest BCUT2D eigenvalue weighted by Gasteiger charge is 2.18. The molecular formula is C14H16Cl2N2OS. The monoisotopic (exact) mass is 330 g/mol. The van der Waals surface area contributed by atoms with Gasteiger partial charge in [-0.15, -0.1) is 0 Å². The van der Waals surface area contributed by atoms with Crippen molar-refractivity contribution in [2.45, 2.75) is 36.7 Å². The van der Waals surface area contributed by atoms with Gasteiger partial charge in [-0.25, -0.2) is 4.79 Å². The third-order valence-corrected chi connectivity index (χ3v) is 4.68. The predicted octanol–water partition coefficient (Wildman–Crippen LogP) is 4.53. The van der Waals surface area contributed by atoms with Crippen LogP contribution in [0.4, 0.5) is 0 Å². The summed E-state index contributed by atoms with van der Waals surface area (Å²) in [6, 6.07) is 5.49. The van der Waals surface area contributed by atoms with Crippen molar-refractivity contribution in [1.82, 2.24) is 9.13 Å². The Morgan fingerprint density at radius 2 is 1.70 bits per heavy atom. The Hall–Kier alpha value is -0.840. The van der Waals surface area contributed by atoms with Crippen LogP contribution >= 0.6 is 35.0 Å². The molecule has 0 amide bonds. The lowest BCUT2D eigenvalue weighted by Crippen LogP contribution is -2.24. The molecule has 0 saturated heterocycles. The van der Waals surface area contributed by atoms with E-state index in [1.54, 1.807) is 22.2 Å². The van der Waals surface area contributed by atoms with Crippen LogP contribution in [-0.4, -0.2) is 9.13 Å². The Labute approximate surface area is 132 Å². The average Bonchev–Trinajstić information content (AvgIpc) is 2.53. The minimum Gasteiger partial charge on any atom is -0.298 e. The maximum atomic E-state index is 12.2. The molecule has 0 radical (unpaired) electrons. The number of hydrogen-bond donors (Lipinski definition) is 0. The molecule has 0 aliphatic carbocycles. The summed E-state index contributed by atoms with van der Waals surface area (Å²) >= 11 is 13.6. The highest BCUT2D eigenvalue weighted by molar-refractivity contribution is 7.99. The molecule has 0 N–H and O–H groups in total. The van der Waals surface area contributed by atoms with Crippen LogP contribution in [0.2, 0.25) is 10.0 Å². The van der Waals surface area contributed by atoms with Crippen LogP contribution < -0.4 is 5.69 Å². The first kappa shape index (κ1) is 15.5. The largest absolute Gasteiger partial charge is 0.329 e. The van der Waals surface area contributed by atoms with Crippen molar-refractivity contribution in [2.24, 2.45) is 7.05 Å². The molecule has 0 atom stereocenters. The fraction of sp³-hybridized carbons (Fsp3) is 0.357. The van der Waals surface area contributed by atoms with Crippen LogP contribution in [0.1, 0.15) is 25.6 Å². The van der Waals surface area contributed by atoms with Crippen LogP contribution in [0.25, 0.3) is 0 Å². The molecule has 0 aliphatic rings. The van der Waals surface area contributed by atoms with Gasteiger partial charge in [0.05, 0.1) is 0 Å². The standard InChI is InChI=1S/C14H16Cl2N2OS/c1-8(2)18-13(9(3)17(4)14(18)19)20-12-6-10(15)5-11(16)7-12/h5-8H,1-4H3. The number of halogens is 2. The number of aromatic nitrogens is 2. The molecule has 2 aromatic rings. The second-order valence-electron chi connectivity index (χ2n) is 4.90. The van der Waals surface area contributed by atoms with E-state index in [1.165, 1.54) is 11.8 Å². The number of imidazole rings is 1. The van der Waals surface area contributed by atoms with Crippen LogP contribution in [0.5, 0.6) is 0 Å². The summed E-state index contributed by atoms with van der Waals surface area (Å²) in [5.41, 5.74) is 0.929. The second-order valence-corrected chi connectivity index (χ2v) is 6.84. The molecule has 0 spiro atoms. The second kappa shape index (κ2) is 5.88. The van der Waals surface area contributed by atoms with E-state index in [0.717, 1.165) is 15.6 Å². The van der Waals surface area contributed by atoms with E-state index in [9.17, 15) is 4.79 Å². The predicted molar refractivity (Wildman–Crippen MR) is 85.4 cm³/mol. The molecule has 108 valence electrons. The summed E-state index contributed by atoms with van der Waals surface area (Å²) in [7, 11) is 1.78. The fourth-order valence-electron chi connectivity index (χ4n) is 1.99. The molecule has 0 unspecified atom stereocenters.